The van der Waals surface area contributed by atoms with Crippen LogP contribution in [0.4, 0.5) is 0 Å². The second-order valence-electron chi connectivity index (χ2n) is 7.23. The first-order valence-corrected chi connectivity index (χ1v) is 11.4. The molecule has 2 rings (SSSR count). The number of hydrogen-bond acceptors (Lipinski definition) is 9. The number of esters is 2. The number of rotatable bonds is 11. The number of carbonyl (C=O) groups excluding carboxylic acids is 2. The minimum absolute atomic E-state index is 0.165. The summed E-state index contributed by atoms with van der Waals surface area (Å²) >= 11 is 1.54. The third kappa shape index (κ3) is 7.90. The predicted molar refractivity (Wildman–Crippen MR) is 116 cm³/mol. The van der Waals surface area contributed by atoms with Crippen molar-refractivity contribution in [3.05, 3.63) is 24.3 Å². The van der Waals surface area contributed by atoms with Gasteiger partial charge >= 0.3 is 11.9 Å². The quantitative estimate of drug-likeness (QED) is 0.398. The number of benzene rings is 1. The van der Waals surface area contributed by atoms with Crippen LogP contribution in [0.3, 0.4) is 0 Å². The molecule has 1 saturated heterocycles. The van der Waals surface area contributed by atoms with E-state index in [-0.39, 0.29) is 23.9 Å². The molecule has 0 amide bonds. The van der Waals surface area contributed by atoms with E-state index in [1.54, 1.807) is 24.3 Å². The molecule has 0 radical (unpaired) electrons. The Morgan fingerprint density at radius 2 is 1.81 bits per heavy atom. The van der Waals surface area contributed by atoms with Gasteiger partial charge in [-0.2, -0.15) is 0 Å². The van der Waals surface area contributed by atoms with Gasteiger partial charge in [0.05, 0.1) is 19.8 Å². The summed E-state index contributed by atoms with van der Waals surface area (Å²) in [5.74, 6) is 1.15. The summed E-state index contributed by atoms with van der Waals surface area (Å²) in [6.07, 6.45) is -0.985. The molecule has 0 saturated carbocycles. The van der Waals surface area contributed by atoms with Crippen LogP contribution in [0.15, 0.2) is 24.3 Å². The molecule has 8 nitrogen and oxygen atoms in total. The molecule has 0 bridgehead atoms. The summed E-state index contributed by atoms with van der Waals surface area (Å²) in [5.41, 5.74) is -0.360. The van der Waals surface area contributed by atoms with Crippen molar-refractivity contribution in [2.24, 2.45) is 5.92 Å². The highest BCUT2D eigenvalue weighted by Gasteiger charge is 2.45. The van der Waals surface area contributed by atoms with E-state index in [0.717, 1.165) is 5.75 Å². The minimum Gasteiger partial charge on any atom is -0.494 e. The van der Waals surface area contributed by atoms with Crippen LogP contribution in [0.2, 0.25) is 0 Å². The molecule has 0 aromatic heterocycles. The Balaban J connectivity index is 1.85. The summed E-state index contributed by atoms with van der Waals surface area (Å²) in [6, 6.07) is 7.10. The largest absolute Gasteiger partial charge is 0.494 e. The highest BCUT2D eigenvalue weighted by molar-refractivity contribution is 7.99. The Morgan fingerprint density at radius 3 is 2.39 bits per heavy atom. The van der Waals surface area contributed by atoms with Gasteiger partial charge in [-0.1, -0.05) is 13.8 Å². The van der Waals surface area contributed by atoms with E-state index < -0.39 is 24.3 Å². The maximum Gasteiger partial charge on any atom is 0.305 e. The number of methoxy groups -OCH3 is 1. The minimum atomic E-state index is -0.824. The maximum atomic E-state index is 11.4. The molecule has 31 heavy (non-hydrogen) atoms. The van der Waals surface area contributed by atoms with Gasteiger partial charge in [-0.3, -0.25) is 9.59 Å². The summed E-state index contributed by atoms with van der Waals surface area (Å²) in [6.45, 7) is 5.78. The van der Waals surface area contributed by atoms with Gasteiger partial charge in [0.2, 0.25) is 0 Å². The Kier molecular flexibility index (Phi) is 10.4. The number of carbonyl (C=O) groups is 2. The standard InChI is InChI=1S/C22H32O8S/c1-5-31-22-21(29-15(3)23)14(2)20(25)18(30-22)13-28-17-10-8-16(9-11-17)27-12-6-7-19(24)26-4/h8-11,14,18,20-22,25H,5-7,12-13H2,1-4H3/t14-,18?,20+,21?,22-/m0/s1. The van der Waals surface area contributed by atoms with Crippen LogP contribution >= 0.6 is 11.8 Å². The van der Waals surface area contributed by atoms with Crippen molar-refractivity contribution in [1.82, 2.24) is 0 Å². The lowest BCUT2D eigenvalue weighted by Gasteiger charge is -2.42. The Bertz CT molecular complexity index is 695. The average Bonchev–Trinajstić information content (AvgIpc) is 2.76. The molecule has 5 atom stereocenters. The number of aliphatic hydroxyl groups is 1. The molecular formula is C22H32O8S. The first-order valence-electron chi connectivity index (χ1n) is 10.4. The Labute approximate surface area is 187 Å². The van der Waals surface area contributed by atoms with Gasteiger partial charge in [-0.15, -0.1) is 11.8 Å². The highest BCUT2D eigenvalue weighted by Crippen LogP contribution is 2.34. The zero-order valence-corrected chi connectivity index (χ0v) is 19.3. The predicted octanol–water partition coefficient (Wildman–Crippen LogP) is 2.80. The lowest BCUT2D eigenvalue weighted by atomic mass is 9.91. The molecule has 1 aliphatic rings. The number of ether oxygens (including phenoxy) is 5. The molecule has 9 heteroatoms. The van der Waals surface area contributed by atoms with Crippen molar-refractivity contribution >= 4 is 23.7 Å². The summed E-state index contributed by atoms with van der Waals surface area (Å²) < 4.78 is 27.4. The van der Waals surface area contributed by atoms with E-state index in [2.05, 4.69) is 4.74 Å². The van der Waals surface area contributed by atoms with Crippen molar-refractivity contribution in [2.75, 3.05) is 26.1 Å². The monoisotopic (exact) mass is 456 g/mol. The lowest BCUT2D eigenvalue weighted by Crippen LogP contribution is -2.55. The van der Waals surface area contributed by atoms with E-state index >= 15 is 0 Å². The smallest absolute Gasteiger partial charge is 0.305 e. The second-order valence-corrected chi connectivity index (χ2v) is 8.61. The van der Waals surface area contributed by atoms with Gasteiger partial charge in [-0.25, -0.2) is 0 Å². The third-order valence-electron chi connectivity index (χ3n) is 4.91. The molecule has 0 aliphatic carbocycles. The summed E-state index contributed by atoms with van der Waals surface area (Å²) in [4.78, 5) is 22.5. The van der Waals surface area contributed by atoms with E-state index in [1.807, 2.05) is 13.8 Å². The first-order chi connectivity index (χ1) is 14.8. The van der Waals surface area contributed by atoms with Crippen molar-refractivity contribution in [1.29, 1.82) is 0 Å². The fraction of sp³-hybridized carbons (Fsp3) is 0.636. The highest BCUT2D eigenvalue weighted by atomic mass is 32.2. The van der Waals surface area contributed by atoms with Crippen molar-refractivity contribution < 1.29 is 38.4 Å². The number of hydrogen-bond donors (Lipinski definition) is 1. The number of aliphatic hydroxyl groups excluding tert-OH is 1. The molecule has 1 N–H and O–H groups in total. The first kappa shape index (κ1) is 25.3. The van der Waals surface area contributed by atoms with Gasteiger partial charge in [-0.05, 0) is 36.4 Å². The molecule has 1 heterocycles. The molecule has 2 unspecified atom stereocenters. The van der Waals surface area contributed by atoms with Crippen LogP contribution in [-0.2, 0) is 23.8 Å². The van der Waals surface area contributed by atoms with Crippen LogP contribution < -0.4 is 9.47 Å². The third-order valence-corrected chi connectivity index (χ3v) is 5.95. The van der Waals surface area contributed by atoms with Crippen LogP contribution in [0.5, 0.6) is 11.5 Å². The Morgan fingerprint density at radius 1 is 1.16 bits per heavy atom. The molecule has 174 valence electrons. The van der Waals surface area contributed by atoms with E-state index in [4.69, 9.17) is 18.9 Å². The SMILES string of the molecule is CCS[C@@H]1OC(COc2ccc(OCCCC(=O)OC)cc2)[C@H](O)[C@H](C)C1OC(C)=O. The van der Waals surface area contributed by atoms with E-state index in [1.165, 1.54) is 25.8 Å². The van der Waals surface area contributed by atoms with E-state index in [9.17, 15) is 14.7 Å². The fourth-order valence-electron chi connectivity index (χ4n) is 3.22. The zero-order valence-electron chi connectivity index (χ0n) is 18.4. The molecule has 1 aromatic rings. The van der Waals surface area contributed by atoms with Crippen LogP contribution in [0.1, 0.15) is 33.6 Å². The second kappa shape index (κ2) is 12.8. The van der Waals surface area contributed by atoms with Crippen LogP contribution in [-0.4, -0.2) is 66.9 Å². The molecule has 0 spiro atoms. The maximum absolute atomic E-state index is 11.4. The summed E-state index contributed by atoms with van der Waals surface area (Å²) in [7, 11) is 1.36. The van der Waals surface area contributed by atoms with Gasteiger partial charge in [0.25, 0.3) is 0 Å². The zero-order chi connectivity index (χ0) is 22.8. The van der Waals surface area contributed by atoms with Gasteiger partial charge in [0.1, 0.15) is 35.7 Å². The van der Waals surface area contributed by atoms with Crippen molar-refractivity contribution in [3.8, 4) is 11.5 Å². The topological polar surface area (TPSA) is 101 Å². The Hall–Kier alpha value is -1.97. The van der Waals surface area contributed by atoms with Crippen LogP contribution in [0.25, 0.3) is 0 Å². The van der Waals surface area contributed by atoms with E-state index in [0.29, 0.717) is 30.9 Å². The average molecular weight is 457 g/mol. The number of thioether (sulfide) groups is 1. The van der Waals surface area contributed by atoms with Gasteiger partial charge < -0.3 is 28.8 Å². The molecule has 1 fully saturated rings. The van der Waals surface area contributed by atoms with Gasteiger partial charge in [0, 0.05) is 19.3 Å². The van der Waals surface area contributed by atoms with Gasteiger partial charge in [0.15, 0.2) is 0 Å². The molecule has 1 aliphatic heterocycles. The van der Waals surface area contributed by atoms with Crippen LogP contribution in [0, 0.1) is 5.92 Å². The molecular weight excluding hydrogens is 424 g/mol. The molecule has 1 aromatic carbocycles. The fourth-order valence-corrected chi connectivity index (χ4v) is 4.26. The lowest BCUT2D eigenvalue weighted by molar-refractivity contribution is -0.195. The normalized spacial score (nSPS) is 25.5. The summed E-state index contributed by atoms with van der Waals surface area (Å²) in [5, 5.41) is 10.6. The van der Waals surface area contributed by atoms with Crippen molar-refractivity contribution in [3.63, 3.8) is 0 Å². The van der Waals surface area contributed by atoms with Crippen molar-refractivity contribution in [2.45, 2.75) is 57.4 Å².